The van der Waals surface area contributed by atoms with Gasteiger partial charge in [0.2, 0.25) is 5.91 Å². The molecule has 2 bridgehead atoms. The molecule has 7 nitrogen and oxygen atoms in total. The topological polar surface area (TPSA) is 102 Å². The molecule has 0 radical (unpaired) electrons. The monoisotopic (exact) mass is 264 g/mol. The van der Waals surface area contributed by atoms with E-state index >= 15 is 0 Å². The van der Waals surface area contributed by atoms with Crippen molar-refractivity contribution < 1.29 is 24.0 Å². The van der Waals surface area contributed by atoms with Crippen molar-refractivity contribution >= 4 is 17.7 Å². The van der Waals surface area contributed by atoms with Gasteiger partial charge in [0.1, 0.15) is 11.7 Å². The van der Waals surface area contributed by atoms with Gasteiger partial charge in [-0.05, 0) is 6.92 Å². The van der Waals surface area contributed by atoms with Crippen molar-refractivity contribution in [3.8, 4) is 0 Å². The number of amides is 1. The van der Waals surface area contributed by atoms with Gasteiger partial charge in [-0.1, -0.05) is 17.3 Å². The molecular formula is C12H12N2O5. The van der Waals surface area contributed by atoms with Crippen molar-refractivity contribution in [2.24, 2.45) is 11.8 Å². The van der Waals surface area contributed by atoms with Crippen LogP contribution in [0.5, 0.6) is 0 Å². The molecule has 19 heavy (non-hydrogen) atoms. The van der Waals surface area contributed by atoms with E-state index in [4.69, 9.17) is 9.26 Å². The number of carbonyl (C=O) groups excluding carboxylic acids is 1. The number of ether oxygens (including phenoxy) is 1. The molecule has 4 atom stereocenters. The van der Waals surface area contributed by atoms with Crippen LogP contribution >= 0.6 is 0 Å². The highest BCUT2D eigenvalue weighted by Gasteiger charge is 2.53. The number of nitrogens with one attached hydrogen (secondary N) is 1. The van der Waals surface area contributed by atoms with Crippen LogP contribution in [0.3, 0.4) is 0 Å². The number of hydrogen-bond acceptors (Lipinski definition) is 5. The first kappa shape index (κ1) is 11.9. The Labute approximate surface area is 108 Å². The Balaban J connectivity index is 1.79. The van der Waals surface area contributed by atoms with Gasteiger partial charge in [-0.3, -0.25) is 9.59 Å². The lowest BCUT2D eigenvalue weighted by Crippen LogP contribution is -2.39. The number of carboxylic acid groups (broad SMARTS) is 1. The summed E-state index contributed by atoms with van der Waals surface area (Å²) in [5.41, 5.74) is 0. The van der Waals surface area contributed by atoms with Crippen LogP contribution in [0.25, 0.3) is 0 Å². The van der Waals surface area contributed by atoms with Crippen LogP contribution in [0.15, 0.2) is 22.7 Å². The van der Waals surface area contributed by atoms with Crippen LogP contribution in [0.1, 0.15) is 5.76 Å². The Morgan fingerprint density at radius 3 is 2.58 bits per heavy atom. The standard InChI is InChI=1S/C12H12N2O5/c1-5-4-8(14-19-5)13-11(15)9-6-2-3-7(18-6)10(9)12(16)17/h2-4,6-7,9-10H,1H3,(H,16,17)(H,13,14,15)/t6-,7-,9+,10-/m0/s1. The van der Waals surface area contributed by atoms with Crippen LogP contribution in [-0.4, -0.2) is 34.3 Å². The van der Waals surface area contributed by atoms with E-state index in [0.717, 1.165) is 0 Å². The summed E-state index contributed by atoms with van der Waals surface area (Å²) < 4.78 is 10.3. The fourth-order valence-electron chi connectivity index (χ4n) is 2.55. The van der Waals surface area contributed by atoms with E-state index in [-0.39, 0.29) is 5.82 Å². The molecule has 3 heterocycles. The van der Waals surface area contributed by atoms with Crippen molar-refractivity contribution in [3.63, 3.8) is 0 Å². The number of aryl methyl sites for hydroxylation is 1. The van der Waals surface area contributed by atoms with Crippen molar-refractivity contribution in [2.45, 2.75) is 19.1 Å². The van der Waals surface area contributed by atoms with Crippen molar-refractivity contribution in [1.82, 2.24) is 5.16 Å². The number of carbonyl (C=O) groups is 2. The van der Waals surface area contributed by atoms with E-state index in [9.17, 15) is 14.7 Å². The number of anilines is 1. The van der Waals surface area contributed by atoms with Gasteiger partial charge in [-0.15, -0.1) is 0 Å². The van der Waals surface area contributed by atoms with Gasteiger partial charge in [-0.25, -0.2) is 0 Å². The first-order valence-electron chi connectivity index (χ1n) is 5.87. The molecule has 1 aromatic heterocycles. The van der Waals surface area contributed by atoms with E-state index in [1.165, 1.54) is 0 Å². The molecule has 2 aliphatic heterocycles. The SMILES string of the molecule is Cc1cc(NC(=O)[C@H]2[C@@H](C(=O)O)[C@@H]3C=C[C@@H]2O3)no1. The van der Waals surface area contributed by atoms with E-state index in [1.807, 2.05) is 0 Å². The molecule has 1 saturated heterocycles. The lowest BCUT2D eigenvalue weighted by Gasteiger charge is -2.20. The molecule has 1 fully saturated rings. The summed E-state index contributed by atoms with van der Waals surface area (Å²) in [6.45, 7) is 1.70. The van der Waals surface area contributed by atoms with Crippen LogP contribution in [0.4, 0.5) is 5.82 Å². The normalized spacial score (nSPS) is 31.6. The van der Waals surface area contributed by atoms with Crippen LogP contribution in [0, 0.1) is 18.8 Å². The zero-order chi connectivity index (χ0) is 13.6. The highest BCUT2D eigenvalue weighted by Crippen LogP contribution is 2.39. The molecular weight excluding hydrogens is 252 g/mol. The minimum absolute atomic E-state index is 0.276. The molecule has 7 heteroatoms. The lowest BCUT2D eigenvalue weighted by atomic mass is 9.82. The van der Waals surface area contributed by atoms with Gasteiger partial charge in [0, 0.05) is 6.07 Å². The summed E-state index contributed by atoms with van der Waals surface area (Å²) in [6, 6.07) is 1.57. The molecule has 2 N–H and O–H groups in total. The molecule has 1 amide bonds. The first-order valence-corrected chi connectivity index (χ1v) is 5.87. The summed E-state index contributed by atoms with van der Waals surface area (Å²) in [5.74, 6) is -2.22. The third kappa shape index (κ3) is 1.91. The van der Waals surface area contributed by atoms with E-state index in [2.05, 4.69) is 10.5 Å². The molecule has 100 valence electrons. The maximum Gasteiger partial charge on any atom is 0.310 e. The molecule has 0 spiro atoms. The molecule has 1 aromatic rings. The molecule has 2 aliphatic rings. The van der Waals surface area contributed by atoms with Crippen LogP contribution < -0.4 is 5.32 Å². The average Bonchev–Trinajstić information content (AvgIpc) is 3.03. The summed E-state index contributed by atoms with van der Waals surface area (Å²) >= 11 is 0. The Morgan fingerprint density at radius 1 is 1.32 bits per heavy atom. The summed E-state index contributed by atoms with van der Waals surface area (Å²) in [7, 11) is 0. The van der Waals surface area contributed by atoms with E-state index in [0.29, 0.717) is 5.76 Å². The van der Waals surface area contributed by atoms with Crippen molar-refractivity contribution in [3.05, 3.63) is 24.0 Å². The van der Waals surface area contributed by atoms with Gasteiger partial charge < -0.3 is 19.7 Å². The number of fused-ring (bicyclic) bond motifs is 2. The third-order valence-electron chi connectivity index (χ3n) is 3.37. The third-order valence-corrected chi connectivity index (χ3v) is 3.37. The molecule has 0 unspecified atom stereocenters. The first-order chi connectivity index (χ1) is 9.06. The maximum absolute atomic E-state index is 12.2. The lowest BCUT2D eigenvalue weighted by molar-refractivity contribution is -0.145. The molecule has 0 aliphatic carbocycles. The zero-order valence-electron chi connectivity index (χ0n) is 10.1. The van der Waals surface area contributed by atoms with Crippen LogP contribution in [0.2, 0.25) is 0 Å². The minimum atomic E-state index is -1.03. The summed E-state index contributed by atoms with van der Waals surface area (Å²) in [6.07, 6.45) is 2.40. The molecule has 0 saturated carbocycles. The Morgan fingerprint density at radius 2 is 2.00 bits per heavy atom. The zero-order valence-corrected chi connectivity index (χ0v) is 10.1. The Bertz CT molecular complexity index is 564. The number of hydrogen-bond donors (Lipinski definition) is 2. The van der Waals surface area contributed by atoms with Crippen molar-refractivity contribution in [1.29, 1.82) is 0 Å². The van der Waals surface area contributed by atoms with Gasteiger partial charge >= 0.3 is 5.97 Å². The second kappa shape index (κ2) is 4.20. The minimum Gasteiger partial charge on any atom is -0.481 e. The predicted octanol–water partition coefficient (Wildman–Crippen LogP) is 0.576. The fourth-order valence-corrected chi connectivity index (χ4v) is 2.55. The number of rotatable bonds is 3. The Kier molecular flexibility index (Phi) is 2.63. The smallest absolute Gasteiger partial charge is 0.310 e. The van der Waals surface area contributed by atoms with Gasteiger partial charge in [0.15, 0.2) is 5.82 Å². The second-order valence-electron chi connectivity index (χ2n) is 4.65. The van der Waals surface area contributed by atoms with Crippen molar-refractivity contribution in [2.75, 3.05) is 5.32 Å². The number of carboxylic acids is 1. The van der Waals surface area contributed by atoms with E-state index in [1.54, 1.807) is 25.1 Å². The largest absolute Gasteiger partial charge is 0.481 e. The molecule has 0 aromatic carbocycles. The summed E-state index contributed by atoms with van der Waals surface area (Å²) in [5, 5.41) is 15.4. The maximum atomic E-state index is 12.2. The number of aliphatic carboxylic acids is 1. The quantitative estimate of drug-likeness (QED) is 0.774. The van der Waals surface area contributed by atoms with Gasteiger partial charge in [0.25, 0.3) is 0 Å². The summed E-state index contributed by atoms with van der Waals surface area (Å²) in [4.78, 5) is 23.4. The number of nitrogens with zero attached hydrogens (tertiary/aromatic N) is 1. The van der Waals surface area contributed by atoms with E-state index < -0.39 is 35.9 Å². The van der Waals surface area contributed by atoms with Gasteiger partial charge in [0.05, 0.1) is 18.1 Å². The second-order valence-corrected chi connectivity index (χ2v) is 4.65. The van der Waals surface area contributed by atoms with Gasteiger partial charge in [-0.2, -0.15) is 0 Å². The predicted molar refractivity (Wildman–Crippen MR) is 62.3 cm³/mol. The molecule has 3 rings (SSSR count). The highest BCUT2D eigenvalue weighted by atomic mass is 16.5. The fraction of sp³-hybridized carbons (Fsp3) is 0.417. The number of aromatic nitrogens is 1. The Hall–Kier alpha value is -2.15. The highest BCUT2D eigenvalue weighted by molar-refractivity contribution is 5.96. The van der Waals surface area contributed by atoms with Crippen LogP contribution in [-0.2, 0) is 14.3 Å². The average molecular weight is 264 g/mol.